The molecule has 0 unspecified atom stereocenters. The van der Waals surface area contributed by atoms with Crippen molar-refractivity contribution < 1.29 is 13.2 Å². The molecule has 0 aliphatic heterocycles. The van der Waals surface area contributed by atoms with Crippen LogP contribution in [0.5, 0.6) is 5.75 Å². The maximum Gasteiger partial charge on any atom is 0.237 e. The fraction of sp³-hybridized carbons (Fsp3) is 0.385. The van der Waals surface area contributed by atoms with Gasteiger partial charge >= 0.3 is 0 Å². The molecular formula is C13H17N3O3S2. The van der Waals surface area contributed by atoms with Crippen molar-refractivity contribution in [1.29, 1.82) is 0 Å². The van der Waals surface area contributed by atoms with Gasteiger partial charge in [0.1, 0.15) is 23.1 Å². The van der Waals surface area contributed by atoms with E-state index in [0.29, 0.717) is 10.8 Å². The largest absolute Gasteiger partial charge is 0.492 e. The van der Waals surface area contributed by atoms with E-state index in [-0.39, 0.29) is 17.5 Å². The van der Waals surface area contributed by atoms with Gasteiger partial charge < -0.3 is 4.74 Å². The van der Waals surface area contributed by atoms with E-state index in [9.17, 15) is 8.42 Å². The highest BCUT2D eigenvalue weighted by Crippen LogP contribution is 2.16. The van der Waals surface area contributed by atoms with Crippen molar-refractivity contribution in [3.8, 4) is 5.75 Å². The molecule has 0 spiro atoms. The minimum atomic E-state index is -3.47. The first-order chi connectivity index (χ1) is 9.98. The average Bonchev–Trinajstić information content (AvgIpc) is 2.84. The molecule has 0 saturated carbocycles. The number of aryl methyl sites for hydroxylation is 2. The van der Waals surface area contributed by atoms with Crippen LogP contribution >= 0.6 is 11.3 Å². The smallest absolute Gasteiger partial charge is 0.237 e. The zero-order chi connectivity index (χ0) is 15.3. The van der Waals surface area contributed by atoms with Crippen LogP contribution in [0.25, 0.3) is 0 Å². The molecule has 6 nitrogen and oxygen atoms in total. The average molecular weight is 327 g/mol. The van der Waals surface area contributed by atoms with Crippen LogP contribution < -0.4 is 9.46 Å². The van der Waals surface area contributed by atoms with Crippen LogP contribution in [0.1, 0.15) is 17.5 Å². The number of ether oxygens (including phenoxy) is 1. The third-order valence-corrected chi connectivity index (χ3v) is 4.81. The Kier molecular flexibility index (Phi) is 5.13. The van der Waals surface area contributed by atoms with Gasteiger partial charge in [0.05, 0.1) is 0 Å². The number of nitrogens with one attached hydrogen (secondary N) is 1. The van der Waals surface area contributed by atoms with Crippen molar-refractivity contribution >= 4 is 26.5 Å². The highest BCUT2D eigenvalue weighted by atomic mass is 32.2. The lowest BCUT2D eigenvalue weighted by atomic mass is 10.2. The minimum absolute atomic E-state index is 0.0819. The number of sulfonamides is 1. The zero-order valence-corrected chi connectivity index (χ0v) is 13.5. The highest BCUT2D eigenvalue weighted by Gasteiger charge is 2.13. The molecule has 1 heterocycles. The van der Waals surface area contributed by atoms with E-state index in [1.54, 1.807) is 6.92 Å². The second-order valence-corrected chi connectivity index (χ2v) is 7.42. The summed E-state index contributed by atoms with van der Waals surface area (Å²) in [6.45, 7) is 3.92. The Labute approximate surface area is 128 Å². The van der Waals surface area contributed by atoms with Gasteiger partial charge in [-0.1, -0.05) is 30.4 Å². The summed E-state index contributed by atoms with van der Waals surface area (Å²) in [6, 6.07) is 7.61. The Bertz CT molecular complexity index is 681. The number of hydrogen-bond acceptors (Lipinski definition) is 6. The zero-order valence-electron chi connectivity index (χ0n) is 11.9. The number of rotatable bonds is 7. The fourth-order valence-corrected chi connectivity index (χ4v) is 3.31. The lowest BCUT2D eigenvalue weighted by Crippen LogP contribution is -2.21. The van der Waals surface area contributed by atoms with E-state index >= 15 is 0 Å². The van der Waals surface area contributed by atoms with Crippen LogP contribution in [0.4, 0.5) is 5.13 Å². The monoisotopic (exact) mass is 327 g/mol. The summed E-state index contributed by atoms with van der Waals surface area (Å²) in [6.07, 6.45) is 0.958. The van der Waals surface area contributed by atoms with Crippen LogP contribution in [-0.2, 0) is 16.4 Å². The number of nitrogens with zero attached hydrogens (tertiary/aromatic N) is 2. The molecule has 2 aromatic rings. The Hall–Kier alpha value is -1.67. The van der Waals surface area contributed by atoms with Crippen molar-refractivity contribution in [1.82, 2.24) is 10.2 Å². The van der Waals surface area contributed by atoms with Gasteiger partial charge in [-0.25, -0.2) is 8.42 Å². The van der Waals surface area contributed by atoms with E-state index in [0.717, 1.165) is 6.42 Å². The molecule has 0 fully saturated rings. The van der Waals surface area contributed by atoms with Crippen LogP contribution in [0.3, 0.4) is 0 Å². The predicted octanol–water partition coefficient (Wildman–Crippen LogP) is 2.23. The lowest BCUT2D eigenvalue weighted by molar-refractivity contribution is 0.341. The fourth-order valence-electron chi connectivity index (χ4n) is 1.61. The first-order valence-electron chi connectivity index (χ1n) is 6.51. The number of anilines is 1. The molecule has 0 bridgehead atoms. The molecule has 114 valence electrons. The van der Waals surface area contributed by atoms with Gasteiger partial charge in [0.15, 0.2) is 0 Å². The second kappa shape index (κ2) is 6.86. The first-order valence-corrected chi connectivity index (χ1v) is 8.98. The molecule has 0 aliphatic carbocycles. The third-order valence-electron chi connectivity index (χ3n) is 2.72. The molecule has 1 aromatic carbocycles. The van der Waals surface area contributed by atoms with Crippen molar-refractivity contribution in [2.45, 2.75) is 20.3 Å². The second-order valence-electron chi connectivity index (χ2n) is 4.39. The third kappa shape index (κ3) is 4.98. The molecule has 21 heavy (non-hydrogen) atoms. The first kappa shape index (κ1) is 15.7. The Morgan fingerprint density at radius 2 is 1.95 bits per heavy atom. The SMILES string of the molecule is CCc1ccc(OCCS(=O)(=O)Nc2nnc(C)s2)cc1. The molecular weight excluding hydrogens is 310 g/mol. The molecule has 1 aromatic heterocycles. The molecule has 0 saturated heterocycles. The molecule has 0 radical (unpaired) electrons. The van der Waals surface area contributed by atoms with E-state index in [2.05, 4.69) is 21.8 Å². The number of benzene rings is 1. The van der Waals surface area contributed by atoms with Gasteiger partial charge in [-0.2, -0.15) is 0 Å². The topological polar surface area (TPSA) is 81.2 Å². The van der Waals surface area contributed by atoms with E-state index in [1.807, 2.05) is 24.3 Å². The van der Waals surface area contributed by atoms with Crippen LogP contribution in [-0.4, -0.2) is 31.0 Å². The summed E-state index contributed by atoms with van der Waals surface area (Å²) in [5.41, 5.74) is 1.21. The highest BCUT2D eigenvalue weighted by molar-refractivity contribution is 7.92. The predicted molar refractivity (Wildman–Crippen MR) is 83.4 cm³/mol. The molecule has 0 aliphatic rings. The summed E-state index contributed by atoms with van der Waals surface area (Å²) in [4.78, 5) is 0. The minimum Gasteiger partial charge on any atom is -0.492 e. The van der Waals surface area contributed by atoms with Crippen LogP contribution in [0.2, 0.25) is 0 Å². The molecule has 2 rings (SSSR count). The van der Waals surface area contributed by atoms with Crippen LogP contribution in [0, 0.1) is 6.92 Å². The van der Waals surface area contributed by atoms with Gasteiger partial charge in [0.25, 0.3) is 0 Å². The lowest BCUT2D eigenvalue weighted by Gasteiger charge is -2.08. The maximum absolute atomic E-state index is 11.8. The Morgan fingerprint density at radius 3 is 2.52 bits per heavy atom. The molecule has 8 heteroatoms. The van der Waals surface area contributed by atoms with Gasteiger partial charge in [-0.15, -0.1) is 10.2 Å². The summed E-state index contributed by atoms with van der Waals surface area (Å²) in [7, 11) is -3.47. The Morgan fingerprint density at radius 1 is 1.24 bits per heavy atom. The van der Waals surface area contributed by atoms with Crippen molar-refractivity contribution in [2.75, 3.05) is 17.1 Å². The van der Waals surface area contributed by atoms with E-state index < -0.39 is 10.0 Å². The maximum atomic E-state index is 11.8. The number of hydrogen-bond donors (Lipinski definition) is 1. The normalized spacial score (nSPS) is 11.3. The van der Waals surface area contributed by atoms with Crippen LogP contribution in [0.15, 0.2) is 24.3 Å². The summed E-state index contributed by atoms with van der Waals surface area (Å²) in [5.74, 6) is 0.524. The quantitative estimate of drug-likeness (QED) is 0.843. The van der Waals surface area contributed by atoms with Crippen molar-refractivity contribution in [2.24, 2.45) is 0 Å². The van der Waals surface area contributed by atoms with Crippen molar-refractivity contribution in [3.05, 3.63) is 34.8 Å². The molecule has 0 atom stereocenters. The van der Waals surface area contributed by atoms with E-state index in [1.165, 1.54) is 16.9 Å². The number of aromatic nitrogens is 2. The van der Waals surface area contributed by atoms with Gasteiger partial charge in [-0.3, -0.25) is 4.72 Å². The molecule has 0 amide bonds. The van der Waals surface area contributed by atoms with Gasteiger partial charge in [-0.05, 0) is 31.0 Å². The van der Waals surface area contributed by atoms with Gasteiger partial charge in [0.2, 0.25) is 15.2 Å². The van der Waals surface area contributed by atoms with Gasteiger partial charge in [0, 0.05) is 0 Å². The van der Waals surface area contributed by atoms with Crippen molar-refractivity contribution in [3.63, 3.8) is 0 Å². The summed E-state index contributed by atoms with van der Waals surface area (Å²) < 4.78 is 31.5. The van der Waals surface area contributed by atoms with E-state index in [4.69, 9.17) is 4.74 Å². The summed E-state index contributed by atoms with van der Waals surface area (Å²) in [5, 5.41) is 8.46. The summed E-state index contributed by atoms with van der Waals surface area (Å²) >= 11 is 1.20. The standard InChI is InChI=1S/C13H17N3O3S2/c1-3-11-4-6-12(7-5-11)19-8-9-21(17,18)16-13-15-14-10(2)20-13/h4-7H,3,8-9H2,1-2H3,(H,15,16). The molecule has 1 N–H and O–H groups in total. The Balaban J connectivity index is 1.83.